The molecular weight excluding hydrogens is 203 g/mol. The molecule has 1 rings (SSSR count). The van der Waals surface area contributed by atoms with Crippen molar-refractivity contribution in [1.29, 1.82) is 0 Å². The first kappa shape index (κ1) is 11.3. The fraction of sp³-hybridized carbons (Fsp3) is 0.300. The predicted octanol–water partition coefficient (Wildman–Crippen LogP) is 1.47. The van der Waals surface area contributed by atoms with Gasteiger partial charge in [-0.2, -0.15) is 0 Å². The van der Waals surface area contributed by atoms with Crippen molar-refractivity contribution in [3.63, 3.8) is 0 Å². The van der Waals surface area contributed by atoms with E-state index in [1.807, 2.05) is 0 Å². The molecular formula is C10H11FO4. The molecule has 82 valence electrons. The van der Waals surface area contributed by atoms with Crippen molar-refractivity contribution in [3.05, 3.63) is 24.0 Å². The Hall–Kier alpha value is -1.78. The Balaban J connectivity index is 2.73. The Kier molecular flexibility index (Phi) is 3.49. The van der Waals surface area contributed by atoms with Gasteiger partial charge >= 0.3 is 5.97 Å². The Morgan fingerprint density at radius 3 is 2.73 bits per heavy atom. The van der Waals surface area contributed by atoms with Gasteiger partial charge in [-0.3, -0.25) is 0 Å². The highest BCUT2D eigenvalue weighted by molar-refractivity contribution is 5.74. The first-order chi connectivity index (χ1) is 7.04. The molecule has 0 amide bonds. The second-order valence-electron chi connectivity index (χ2n) is 2.90. The van der Waals surface area contributed by atoms with Crippen LogP contribution in [-0.4, -0.2) is 24.3 Å². The zero-order valence-electron chi connectivity index (χ0n) is 8.36. The quantitative estimate of drug-likeness (QED) is 0.774. The number of benzene rings is 1. The number of rotatable bonds is 3. The van der Waals surface area contributed by atoms with E-state index in [4.69, 9.17) is 9.84 Å². The normalized spacial score (nSPS) is 11.9. The maximum atomic E-state index is 12.9. The minimum atomic E-state index is -0.820. The van der Waals surface area contributed by atoms with Crippen LogP contribution >= 0.6 is 0 Å². The summed E-state index contributed by atoms with van der Waals surface area (Å²) in [6.45, 7) is 1.48. The summed E-state index contributed by atoms with van der Waals surface area (Å²) in [5, 5.41) is 8.91. The molecule has 0 radical (unpaired) electrons. The van der Waals surface area contributed by atoms with Crippen molar-refractivity contribution in [1.82, 2.24) is 0 Å². The molecule has 0 unspecified atom stereocenters. The summed E-state index contributed by atoms with van der Waals surface area (Å²) in [5.74, 6) is -1.66. The van der Waals surface area contributed by atoms with E-state index >= 15 is 0 Å². The molecule has 1 atom stereocenters. The van der Waals surface area contributed by atoms with E-state index in [-0.39, 0.29) is 5.75 Å². The Morgan fingerprint density at radius 2 is 2.20 bits per heavy atom. The van der Waals surface area contributed by atoms with Gasteiger partial charge in [-0.25, -0.2) is 9.18 Å². The summed E-state index contributed by atoms with van der Waals surface area (Å²) in [6, 6.07) is 3.50. The lowest BCUT2D eigenvalue weighted by atomic mass is 10.3. The molecule has 4 nitrogen and oxygen atoms in total. The third-order valence-corrected chi connectivity index (χ3v) is 1.77. The zero-order valence-corrected chi connectivity index (χ0v) is 8.36. The first-order valence-corrected chi connectivity index (χ1v) is 4.27. The van der Waals surface area contributed by atoms with Gasteiger partial charge in [0, 0.05) is 6.07 Å². The summed E-state index contributed by atoms with van der Waals surface area (Å²) in [4.78, 5) is 11.0. The predicted molar refractivity (Wildman–Crippen MR) is 50.2 cm³/mol. The Bertz CT molecular complexity index is 364. The van der Waals surface area contributed by atoms with E-state index in [9.17, 15) is 9.18 Å². The van der Waals surface area contributed by atoms with Crippen LogP contribution in [0.4, 0.5) is 4.39 Å². The Morgan fingerprint density at radius 1 is 1.53 bits per heavy atom. The van der Waals surface area contributed by atoms with Crippen molar-refractivity contribution in [3.8, 4) is 11.5 Å². The standard InChI is InChI=1S/C10H11FO4/c1-6(10(13)14-2)15-7-3-4-9(12)8(11)5-7/h3-6,12H,1-2H3/t6-/m1/s1. The molecule has 0 bridgehead atoms. The molecule has 1 N–H and O–H groups in total. The third kappa shape index (κ3) is 2.83. The molecule has 0 saturated carbocycles. The maximum Gasteiger partial charge on any atom is 0.346 e. The average Bonchev–Trinajstić information content (AvgIpc) is 2.22. The van der Waals surface area contributed by atoms with Crippen LogP contribution in [0.5, 0.6) is 11.5 Å². The highest BCUT2D eigenvalue weighted by Crippen LogP contribution is 2.21. The highest BCUT2D eigenvalue weighted by Gasteiger charge is 2.15. The molecule has 0 aliphatic carbocycles. The van der Waals surface area contributed by atoms with Gasteiger partial charge in [0.2, 0.25) is 0 Å². The van der Waals surface area contributed by atoms with Crippen molar-refractivity contribution in [2.75, 3.05) is 7.11 Å². The number of aromatic hydroxyl groups is 1. The summed E-state index contributed by atoms with van der Waals surface area (Å²) < 4.78 is 22.4. The number of esters is 1. The van der Waals surface area contributed by atoms with Crippen LogP contribution in [-0.2, 0) is 9.53 Å². The molecule has 0 aliphatic rings. The van der Waals surface area contributed by atoms with Crippen LogP contribution in [0.15, 0.2) is 18.2 Å². The minimum absolute atomic E-state index is 0.156. The van der Waals surface area contributed by atoms with Gasteiger partial charge in [0.05, 0.1) is 7.11 Å². The molecule has 0 aromatic heterocycles. The Labute approximate surface area is 86.2 Å². The molecule has 0 saturated heterocycles. The lowest BCUT2D eigenvalue weighted by Crippen LogP contribution is -2.24. The average molecular weight is 214 g/mol. The minimum Gasteiger partial charge on any atom is -0.505 e. The lowest BCUT2D eigenvalue weighted by molar-refractivity contribution is -0.147. The topological polar surface area (TPSA) is 55.8 Å². The van der Waals surface area contributed by atoms with Crippen LogP contribution in [0.3, 0.4) is 0 Å². The molecule has 0 spiro atoms. The van der Waals surface area contributed by atoms with Crippen LogP contribution in [0, 0.1) is 5.82 Å². The van der Waals surface area contributed by atoms with E-state index < -0.39 is 23.6 Å². The molecule has 1 aromatic rings. The van der Waals surface area contributed by atoms with Gasteiger partial charge in [-0.15, -0.1) is 0 Å². The molecule has 15 heavy (non-hydrogen) atoms. The first-order valence-electron chi connectivity index (χ1n) is 4.27. The maximum absolute atomic E-state index is 12.9. The molecule has 0 fully saturated rings. The fourth-order valence-corrected chi connectivity index (χ4v) is 0.979. The monoisotopic (exact) mass is 214 g/mol. The van der Waals surface area contributed by atoms with Gasteiger partial charge in [-0.05, 0) is 19.1 Å². The van der Waals surface area contributed by atoms with E-state index in [0.29, 0.717) is 0 Å². The molecule has 0 aliphatic heterocycles. The van der Waals surface area contributed by atoms with Crippen LogP contribution in [0.1, 0.15) is 6.92 Å². The summed E-state index contributed by atoms with van der Waals surface area (Å²) in [6.07, 6.45) is -0.820. The van der Waals surface area contributed by atoms with E-state index in [1.54, 1.807) is 0 Å². The highest BCUT2D eigenvalue weighted by atomic mass is 19.1. The molecule has 1 aromatic carbocycles. The van der Waals surface area contributed by atoms with E-state index in [2.05, 4.69) is 4.74 Å². The third-order valence-electron chi connectivity index (χ3n) is 1.77. The van der Waals surface area contributed by atoms with Gasteiger partial charge in [0.15, 0.2) is 17.7 Å². The molecule has 5 heteroatoms. The zero-order chi connectivity index (χ0) is 11.4. The number of phenolic OH excluding ortho intramolecular Hbond substituents is 1. The number of hydrogen-bond donors (Lipinski definition) is 1. The van der Waals surface area contributed by atoms with E-state index in [1.165, 1.54) is 20.1 Å². The largest absolute Gasteiger partial charge is 0.505 e. The summed E-state index contributed by atoms with van der Waals surface area (Å²) in [5.41, 5.74) is 0. The number of carbonyl (C=O) groups excluding carboxylic acids is 1. The number of phenols is 1. The number of hydrogen-bond acceptors (Lipinski definition) is 4. The van der Waals surface area contributed by atoms with Gasteiger partial charge in [0.1, 0.15) is 5.75 Å². The summed E-state index contributed by atoms with van der Waals surface area (Å²) >= 11 is 0. The van der Waals surface area contributed by atoms with Crippen molar-refractivity contribution >= 4 is 5.97 Å². The van der Waals surface area contributed by atoms with E-state index in [0.717, 1.165) is 12.1 Å². The van der Waals surface area contributed by atoms with Crippen molar-refractivity contribution in [2.24, 2.45) is 0 Å². The number of ether oxygens (including phenoxy) is 2. The van der Waals surface area contributed by atoms with Crippen molar-refractivity contribution in [2.45, 2.75) is 13.0 Å². The number of methoxy groups -OCH3 is 1. The van der Waals surface area contributed by atoms with Gasteiger partial charge in [-0.1, -0.05) is 0 Å². The lowest BCUT2D eigenvalue weighted by Gasteiger charge is -2.12. The van der Waals surface area contributed by atoms with Gasteiger partial charge in [0.25, 0.3) is 0 Å². The number of halogens is 1. The smallest absolute Gasteiger partial charge is 0.346 e. The fourth-order valence-electron chi connectivity index (χ4n) is 0.979. The van der Waals surface area contributed by atoms with Gasteiger partial charge < -0.3 is 14.6 Å². The second-order valence-corrected chi connectivity index (χ2v) is 2.90. The van der Waals surface area contributed by atoms with Crippen LogP contribution in [0.2, 0.25) is 0 Å². The van der Waals surface area contributed by atoms with Crippen molar-refractivity contribution < 1.29 is 23.8 Å². The van der Waals surface area contributed by atoms with Crippen LogP contribution < -0.4 is 4.74 Å². The van der Waals surface area contributed by atoms with Crippen LogP contribution in [0.25, 0.3) is 0 Å². The SMILES string of the molecule is COC(=O)[C@@H](C)Oc1ccc(O)c(F)c1. The second kappa shape index (κ2) is 4.63. The number of carbonyl (C=O) groups is 1. The summed E-state index contributed by atoms with van der Waals surface area (Å²) in [7, 11) is 1.24. The molecule has 0 heterocycles.